The minimum absolute atomic E-state index is 0.242. The first-order chi connectivity index (χ1) is 16.0. The van der Waals surface area contributed by atoms with Gasteiger partial charge in [-0.3, -0.25) is 4.79 Å². The Kier molecular flexibility index (Phi) is 22.3. The summed E-state index contributed by atoms with van der Waals surface area (Å²) in [6, 6.07) is 0. The lowest BCUT2D eigenvalue weighted by atomic mass is 10.0. The van der Waals surface area contributed by atoms with Crippen LogP contribution in [0.15, 0.2) is 12.2 Å². The van der Waals surface area contributed by atoms with E-state index in [4.69, 9.17) is 9.47 Å². The van der Waals surface area contributed by atoms with Crippen molar-refractivity contribution < 1.29 is 23.9 Å². The van der Waals surface area contributed by atoms with Crippen molar-refractivity contribution in [2.75, 3.05) is 6.61 Å². The highest BCUT2D eigenvalue weighted by molar-refractivity contribution is 5.93. The molecule has 0 saturated carbocycles. The van der Waals surface area contributed by atoms with Crippen molar-refractivity contribution >= 4 is 17.7 Å². The third-order valence-electron chi connectivity index (χ3n) is 5.96. The summed E-state index contributed by atoms with van der Waals surface area (Å²) in [6.45, 7) is 5.47. The summed E-state index contributed by atoms with van der Waals surface area (Å²) in [5, 5.41) is 0. The van der Waals surface area contributed by atoms with E-state index in [2.05, 4.69) is 6.92 Å². The lowest BCUT2D eigenvalue weighted by Crippen LogP contribution is -2.20. The van der Waals surface area contributed by atoms with Crippen LogP contribution in [0.25, 0.3) is 0 Å². The molecule has 33 heavy (non-hydrogen) atoms. The van der Waals surface area contributed by atoms with E-state index in [1.165, 1.54) is 117 Å². The van der Waals surface area contributed by atoms with E-state index in [0.717, 1.165) is 25.0 Å². The summed E-state index contributed by atoms with van der Waals surface area (Å²) in [5.41, 5.74) is 0. The van der Waals surface area contributed by atoms with E-state index in [1.807, 2.05) is 0 Å². The second-order valence-electron chi connectivity index (χ2n) is 9.20. The zero-order valence-electron chi connectivity index (χ0n) is 21.7. The molecule has 0 aliphatic carbocycles. The van der Waals surface area contributed by atoms with Gasteiger partial charge in [0, 0.05) is 12.2 Å². The molecule has 0 spiro atoms. The van der Waals surface area contributed by atoms with Crippen molar-refractivity contribution in [3.63, 3.8) is 0 Å². The molecule has 0 fully saturated rings. The number of Topliss-reactive ketones (excluding diaryl/α,β-unsaturated/α-hetero) is 1. The molecular weight excluding hydrogens is 416 g/mol. The SMILES string of the molecule is CCCCCCCCCCCCCCCCCCCCOC(=O)/C=C/C(=O)OC(C)C(C)=O. The second-order valence-corrected chi connectivity index (χ2v) is 9.20. The summed E-state index contributed by atoms with van der Waals surface area (Å²) in [7, 11) is 0. The number of rotatable bonds is 23. The van der Waals surface area contributed by atoms with Crippen LogP contribution in [0.4, 0.5) is 0 Å². The van der Waals surface area contributed by atoms with Crippen molar-refractivity contribution in [1.29, 1.82) is 0 Å². The molecule has 0 heterocycles. The van der Waals surface area contributed by atoms with E-state index in [0.29, 0.717) is 6.61 Å². The van der Waals surface area contributed by atoms with Crippen LogP contribution < -0.4 is 0 Å². The molecule has 0 radical (unpaired) electrons. The van der Waals surface area contributed by atoms with Crippen LogP contribution in [-0.2, 0) is 23.9 Å². The Hall–Kier alpha value is -1.65. The van der Waals surface area contributed by atoms with Crippen molar-refractivity contribution in [2.45, 2.75) is 142 Å². The minimum atomic E-state index is -0.808. The van der Waals surface area contributed by atoms with Gasteiger partial charge in [0.15, 0.2) is 11.9 Å². The van der Waals surface area contributed by atoms with E-state index >= 15 is 0 Å². The zero-order chi connectivity index (χ0) is 24.6. The van der Waals surface area contributed by atoms with Crippen LogP contribution in [0.2, 0.25) is 0 Å². The number of hydrogen-bond acceptors (Lipinski definition) is 5. The molecule has 0 aromatic carbocycles. The summed E-state index contributed by atoms with van der Waals surface area (Å²) >= 11 is 0. The summed E-state index contributed by atoms with van der Waals surface area (Å²) < 4.78 is 9.90. The van der Waals surface area contributed by atoms with Gasteiger partial charge in [-0.05, 0) is 20.3 Å². The predicted octanol–water partition coefficient (Wildman–Crippen LogP) is 7.65. The first-order valence-electron chi connectivity index (χ1n) is 13.5. The molecule has 192 valence electrons. The highest BCUT2D eigenvalue weighted by Gasteiger charge is 2.11. The van der Waals surface area contributed by atoms with Gasteiger partial charge in [-0.15, -0.1) is 0 Å². The van der Waals surface area contributed by atoms with Gasteiger partial charge in [-0.1, -0.05) is 116 Å². The second kappa shape index (κ2) is 23.5. The van der Waals surface area contributed by atoms with Gasteiger partial charge in [0.1, 0.15) is 0 Å². The lowest BCUT2D eigenvalue weighted by Gasteiger charge is -2.07. The van der Waals surface area contributed by atoms with Crippen LogP contribution in [0.1, 0.15) is 136 Å². The Labute approximate surface area is 203 Å². The fraction of sp³-hybridized carbons (Fsp3) is 0.821. The minimum Gasteiger partial charge on any atom is -0.463 e. The average molecular weight is 467 g/mol. The normalized spacial score (nSPS) is 12.1. The number of carbonyl (C=O) groups is 3. The number of ketones is 1. The Morgan fingerprint density at radius 2 is 0.970 bits per heavy atom. The maximum atomic E-state index is 11.6. The quantitative estimate of drug-likeness (QED) is 0.0878. The molecule has 0 N–H and O–H groups in total. The first kappa shape index (κ1) is 31.4. The zero-order valence-corrected chi connectivity index (χ0v) is 21.7. The van der Waals surface area contributed by atoms with Gasteiger partial charge < -0.3 is 9.47 Å². The fourth-order valence-electron chi connectivity index (χ4n) is 3.66. The van der Waals surface area contributed by atoms with Crippen LogP contribution in [0.5, 0.6) is 0 Å². The molecule has 1 unspecified atom stereocenters. The number of carbonyl (C=O) groups excluding carboxylic acids is 3. The van der Waals surface area contributed by atoms with E-state index in [-0.39, 0.29) is 5.78 Å². The van der Waals surface area contributed by atoms with Gasteiger partial charge >= 0.3 is 11.9 Å². The van der Waals surface area contributed by atoms with Crippen molar-refractivity contribution in [3.05, 3.63) is 12.2 Å². The van der Waals surface area contributed by atoms with E-state index in [9.17, 15) is 14.4 Å². The molecule has 1 atom stereocenters. The molecular formula is C28H50O5. The predicted molar refractivity (Wildman–Crippen MR) is 135 cm³/mol. The summed E-state index contributed by atoms with van der Waals surface area (Å²) in [6.07, 6.45) is 25.0. The molecule has 5 nitrogen and oxygen atoms in total. The number of esters is 2. The molecule has 0 aromatic heterocycles. The Balaban J connectivity index is 3.33. The maximum absolute atomic E-state index is 11.6. The van der Waals surface area contributed by atoms with Crippen LogP contribution >= 0.6 is 0 Å². The highest BCUT2D eigenvalue weighted by Crippen LogP contribution is 2.14. The average Bonchev–Trinajstić information content (AvgIpc) is 2.79. The van der Waals surface area contributed by atoms with Gasteiger partial charge in [-0.25, -0.2) is 9.59 Å². The number of hydrogen-bond donors (Lipinski definition) is 0. The summed E-state index contributed by atoms with van der Waals surface area (Å²) in [4.78, 5) is 34.0. The number of ether oxygens (including phenoxy) is 2. The molecule has 5 heteroatoms. The van der Waals surface area contributed by atoms with Gasteiger partial charge in [0.05, 0.1) is 6.61 Å². The smallest absolute Gasteiger partial charge is 0.331 e. The monoisotopic (exact) mass is 466 g/mol. The Bertz CT molecular complexity index is 526. The standard InChI is InChI=1S/C28H50O5/c1-4-5-6-7-8-9-10-11-12-13-14-15-16-17-18-19-20-21-24-32-27(30)22-23-28(31)33-26(3)25(2)29/h22-23,26H,4-21,24H2,1-3H3/b23-22+. The third-order valence-corrected chi connectivity index (χ3v) is 5.96. The van der Waals surface area contributed by atoms with Crippen LogP contribution in [-0.4, -0.2) is 30.4 Å². The first-order valence-corrected chi connectivity index (χ1v) is 13.5. The maximum Gasteiger partial charge on any atom is 0.331 e. The Morgan fingerprint density at radius 3 is 1.36 bits per heavy atom. The lowest BCUT2D eigenvalue weighted by molar-refractivity contribution is -0.148. The molecule has 0 rings (SSSR count). The molecule has 0 aliphatic rings. The van der Waals surface area contributed by atoms with Gasteiger partial charge in [-0.2, -0.15) is 0 Å². The summed E-state index contributed by atoms with van der Waals surface area (Å²) in [5.74, 6) is -1.52. The largest absolute Gasteiger partial charge is 0.463 e. The Morgan fingerprint density at radius 1 is 0.606 bits per heavy atom. The van der Waals surface area contributed by atoms with Crippen molar-refractivity contribution in [2.24, 2.45) is 0 Å². The van der Waals surface area contributed by atoms with Crippen LogP contribution in [0.3, 0.4) is 0 Å². The topological polar surface area (TPSA) is 69.7 Å². The van der Waals surface area contributed by atoms with Crippen molar-refractivity contribution in [1.82, 2.24) is 0 Å². The van der Waals surface area contributed by atoms with Crippen molar-refractivity contribution in [3.8, 4) is 0 Å². The van der Waals surface area contributed by atoms with E-state index in [1.54, 1.807) is 0 Å². The molecule has 0 aromatic rings. The molecule has 0 amide bonds. The third kappa shape index (κ3) is 23.3. The highest BCUT2D eigenvalue weighted by atomic mass is 16.5. The number of unbranched alkanes of at least 4 members (excludes halogenated alkanes) is 17. The fourth-order valence-corrected chi connectivity index (χ4v) is 3.66. The van der Waals surface area contributed by atoms with Gasteiger partial charge in [0.25, 0.3) is 0 Å². The van der Waals surface area contributed by atoms with E-state index < -0.39 is 18.0 Å². The molecule has 0 saturated heterocycles. The molecule has 0 aliphatic heterocycles. The molecule has 0 bridgehead atoms. The van der Waals surface area contributed by atoms with Gasteiger partial charge in [0.2, 0.25) is 0 Å². The van der Waals surface area contributed by atoms with Crippen LogP contribution in [0, 0.1) is 0 Å².